The number of carboxylic acid groups (broad SMARTS) is 2. The summed E-state index contributed by atoms with van der Waals surface area (Å²) in [5.74, 6) is -3.02. The van der Waals surface area contributed by atoms with Crippen molar-refractivity contribution in [3.63, 3.8) is 0 Å². The van der Waals surface area contributed by atoms with E-state index in [1.54, 1.807) is 12.1 Å². The van der Waals surface area contributed by atoms with E-state index in [9.17, 15) is 30.0 Å². The summed E-state index contributed by atoms with van der Waals surface area (Å²) in [5, 5.41) is 37.9. The van der Waals surface area contributed by atoms with Gasteiger partial charge in [0.2, 0.25) is 0 Å². The Labute approximate surface area is 207 Å². The third kappa shape index (κ3) is 4.74. The molecule has 4 N–H and O–H groups in total. The molecule has 0 aliphatic heterocycles. The number of aromatic carboxylic acids is 2. The summed E-state index contributed by atoms with van der Waals surface area (Å²) in [6.45, 7) is 8.15. The van der Waals surface area contributed by atoms with Gasteiger partial charge in [-0.1, -0.05) is 73.8 Å². The molecule has 6 nitrogen and oxygen atoms in total. The van der Waals surface area contributed by atoms with Crippen LogP contribution in [0.5, 0.6) is 11.5 Å². The van der Waals surface area contributed by atoms with Gasteiger partial charge in [0.25, 0.3) is 0 Å². The Bertz CT molecular complexity index is 1400. The van der Waals surface area contributed by atoms with Crippen LogP contribution in [0.3, 0.4) is 0 Å². The molecule has 0 amide bonds. The number of benzene rings is 4. The van der Waals surface area contributed by atoms with Gasteiger partial charge in [-0.3, -0.25) is 0 Å². The van der Waals surface area contributed by atoms with Crippen molar-refractivity contribution in [2.75, 3.05) is 0 Å². The van der Waals surface area contributed by atoms with E-state index < -0.39 is 11.9 Å². The van der Waals surface area contributed by atoms with Crippen LogP contribution in [0.2, 0.25) is 0 Å². The predicted octanol–water partition coefficient (Wildman–Crippen LogP) is 6.28. The van der Waals surface area contributed by atoms with Gasteiger partial charge in [-0.2, -0.15) is 0 Å². The lowest BCUT2D eigenvalue weighted by Crippen LogP contribution is -1.98. The highest BCUT2D eigenvalue weighted by Crippen LogP contribution is 2.31. The van der Waals surface area contributed by atoms with Crippen LogP contribution in [0.1, 0.15) is 43.0 Å². The molecule has 36 heavy (non-hydrogen) atoms. The number of carboxylic acids is 2. The van der Waals surface area contributed by atoms with Gasteiger partial charge in [0.1, 0.15) is 22.6 Å². The number of phenols is 2. The Hall–Kier alpha value is -5.10. The molecule has 0 heterocycles. The molecule has 6 heteroatoms. The lowest BCUT2D eigenvalue weighted by molar-refractivity contribution is 0.0682. The van der Waals surface area contributed by atoms with Gasteiger partial charge >= 0.3 is 11.9 Å². The fraction of sp³-hybridized carbons (Fsp3) is 0. The lowest BCUT2D eigenvalue weighted by Gasteiger charge is -2.11. The van der Waals surface area contributed by atoms with Gasteiger partial charge in [0, 0.05) is 0 Å². The Balaban J connectivity index is 1.54. The fourth-order valence-electron chi connectivity index (χ4n) is 3.85. The Morgan fingerprint density at radius 1 is 0.500 bits per heavy atom. The first-order valence-electron chi connectivity index (χ1n) is 10.9. The number of carbonyl (C=O) groups is 2. The van der Waals surface area contributed by atoms with Crippen molar-refractivity contribution in [1.82, 2.24) is 0 Å². The molecule has 0 aliphatic carbocycles. The molecule has 0 fully saturated rings. The molecule has 0 saturated heterocycles. The molecule has 0 unspecified atom stereocenters. The molecule has 0 aromatic heterocycles. The van der Waals surface area contributed by atoms with Gasteiger partial charge in [-0.15, -0.1) is 0 Å². The van der Waals surface area contributed by atoms with E-state index in [2.05, 4.69) is 13.2 Å². The standard InChI is InChI=1S/C30H22O6/c1-17(23-11-13-27(31)25(15-23)29(33)34)19-3-7-21(8-4-19)22-9-5-20(6-10-22)18(2)24-12-14-28(32)26(16-24)30(35)36/h3-16,31-32H,1-2H2,(H,33,34)(H,35,36). The minimum atomic E-state index is -1.21. The van der Waals surface area contributed by atoms with Crippen molar-refractivity contribution in [3.8, 4) is 22.6 Å². The summed E-state index contributed by atoms with van der Waals surface area (Å²) in [7, 11) is 0. The molecule has 0 spiro atoms. The first-order chi connectivity index (χ1) is 17.2. The molecular weight excluding hydrogens is 456 g/mol. The number of rotatable bonds is 7. The Morgan fingerprint density at radius 3 is 1.11 bits per heavy atom. The normalized spacial score (nSPS) is 10.6. The molecule has 0 saturated carbocycles. The van der Waals surface area contributed by atoms with E-state index >= 15 is 0 Å². The van der Waals surface area contributed by atoms with E-state index in [1.807, 2.05) is 48.5 Å². The summed E-state index contributed by atoms with van der Waals surface area (Å²) in [4.78, 5) is 22.6. The molecule has 0 radical (unpaired) electrons. The van der Waals surface area contributed by atoms with Crippen LogP contribution in [-0.4, -0.2) is 32.4 Å². The van der Waals surface area contributed by atoms with Crippen LogP contribution in [-0.2, 0) is 0 Å². The maximum absolute atomic E-state index is 11.3. The topological polar surface area (TPSA) is 115 Å². The predicted molar refractivity (Wildman–Crippen MR) is 138 cm³/mol. The van der Waals surface area contributed by atoms with Crippen LogP contribution in [0.15, 0.2) is 98.1 Å². The molecule has 0 bridgehead atoms. The van der Waals surface area contributed by atoms with Crippen LogP contribution in [0.4, 0.5) is 0 Å². The number of hydrogen-bond donors (Lipinski definition) is 4. The summed E-state index contributed by atoms with van der Waals surface area (Å²) in [6.07, 6.45) is 0. The monoisotopic (exact) mass is 478 g/mol. The minimum absolute atomic E-state index is 0.182. The first-order valence-corrected chi connectivity index (χ1v) is 10.9. The average Bonchev–Trinajstić information content (AvgIpc) is 2.88. The molecular formula is C30H22O6. The lowest BCUT2D eigenvalue weighted by atomic mass is 9.94. The third-order valence-electron chi connectivity index (χ3n) is 5.95. The minimum Gasteiger partial charge on any atom is -0.507 e. The molecule has 4 aromatic carbocycles. The average molecular weight is 479 g/mol. The zero-order chi connectivity index (χ0) is 26.0. The van der Waals surface area contributed by atoms with Gasteiger partial charge in [0.05, 0.1) is 0 Å². The van der Waals surface area contributed by atoms with Crippen molar-refractivity contribution in [3.05, 3.63) is 131 Å². The molecule has 4 rings (SSSR count). The van der Waals surface area contributed by atoms with Gasteiger partial charge in [-0.05, 0) is 68.8 Å². The van der Waals surface area contributed by atoms with Crippen molar-refractivity contribution in [2.45, 2.75) is 0 Å². The van der Waals surface area contributed by atoms with Crippen LogP contribution >= 0.6 is 0 Å². The summed E-state index contributed by atoms with van der Waals surface area (Å²) >= 11 is 0. The van der Waals surface area contributed by atoms with Gasteiger partial charge in [0.15, 0.2) is 0 Å². The molecule has 0 atom stereocenters. The van der Waals surface area contributed by atoms with E-state index in [-0.39, 0.29) is 22.6 Å². The quantitative estimate of drug-likeness (QED) is 0.248. The van der Waals surface area contributed by atoms with Crippen molar-refractivity contribution < 1.29 is 30.0 Å². The zero-order valence-corrected chi connectivity index (χ0v) is 19.1. The highest BCUT2D eigenvalue weighted by Gasteiger charge is 2.14. The molecule has 4 aromatic rings. The summed E-state index contributed by atoms with van der Waals surface area (Å²) in [5.41, 5.74) is 5.63. The maximum atomic E-state index is 11.3. The highest BCUT2D eigenvalue weighted by atomic mass is 16.4. The van der Waals surface area contributed by atoms with E-state index in [1.165, 1.54) is 24.3 Å². The Kier molecular flexibility index (Phi) is 6.44. The fourth-order valence-corrected chi connectivity index (χ4v) is 3.85. The number of hydrogen-bond acceptors (Lipinski definition) is 4. The maximum Gasteiger partial charge on any atom is 0.339 e. The second-order valence-electron chi connectivity index (χ2n) is 8.19. The van der Waals surface area contributed by atoms with Crippen LogP contribution in [0, 0.1) is 0 Å². The second kappa shape index (κ2) is 9.64. The largest absolute Gasteiger partial charge is 0.507 e. The van der Waals surface area contributed by atoms with E-state index in [4.69, 9.17) is 0 Å². The molecule has 178 valence electrons. The SMILES string of the molecule is C=C(c1ccc(-c2ccc(C(=C)c3ccc(O)c(C(=O)O)c3)cc2)cc1)c1ccc(O)c(C(=O)O)c1. The third-order valence-corrected chi connectivity index (χ3v) is 5.95. The highest BCUT2D eigenvalue weighted by molar-refractivity contribution is 5.94. The van der Waals surface area contributed by atoms with Crippen molar-refractivity contribution in [1.29, 1.82) is 0 Å². The van der Waals surface area contributed by atoms with Crippen LogP contribution in [0.25, 0.3) is 22.3 Å². The zero-order valence-electron chi connectivity index (χ0n) is 19.1. The van der Waals surface area contributed by atoms with Crippen molar-refractivity contribution >= 4 is 23.1 Å². The Morgan fingerprint density at radius 2 is 0.806 bits per heavy atom. The van der Waals surface area contributed by atoms with E-state index in [0.29, 0.717) is 22.3 Å². The molecule has 0 aliphatic rings. The van der Waals surface area contributed by atoms with Crippen molar-refractivity contribution in [2.24, 2.45) is 0 Å². The second-order valence-corrected chi connectivity index (χ2v) is 8.19. The summed E-state index contributed by atoms with van der Waals surface area (Å²) in [6, 6.07) is 24.0. The summed E-state index contributed by atoms with van der Waals surface area (Å²) < 4.78 is 0. The smallest absolute Gasteiger partial charge is 0.339 e. The van der Waals surface area contributed by atoms with Gasteiger partial charge < -0.3 is 20.4 Å². The van der Waals surface area contributed by atoms with Crippen LogP contribution < -0.4 is 0 Å². The van der Waals surface area contributed by atoms with Gasteiger partial charge in [-0.25, -0.2) is 9.59 Å². The first kappa shape index (κ1) is 24.0. The van der Waals surface area contributed by atoms with E-state index in [0.717, 1.165) is 22.3 Å². The number of aromatic hydroxyl groups is 2.